The van der Waals surface area contributed by atoms with Crippen molar-refractivity contribution in [3.05, 3.63) is 82.6 Å². The molecule has 0 unspecified atom stereocenters. The number of hydrogen-bond acceptors (Lipinski definition) is 7. The van der Waals surface area contributed by atoms with E-state index in [0.717, 1.165) is 30.7 Å². The molecule has 0 N–H and O–H groups in total. The highest BCUT2D eigenvalue weighted by atomic mass is 32.2. The molecule has 2 aromatic carbocycles. The lowest BCUT2D eigenvalue weighted by atomic mass is 10.2. The van der Waals surface area contributed by atoms with Gasteiger partial charge in [-0.2, -0.15) is 0 Å². The van der Waals surface area contributed by atoms with Crippen molar-refractivity contribution in [1.82, 2.24) is 0 Å². The minimum Gasteiger partial charge on any atom is -0.465 e. The maximum Gasteiger partial charge on any atom is 0.348 e. The summed E-state index contributed by atoms with van der Waals surface area (Å²) < 4.78 is 9.55. The fraction of sp³-hybridized carbons (Fsp3) is 0.0833. The number of benzene rings is 2. The van der Waals surface area contributed by atoms with Gasteiger partial charge in [-0.05, 0) is 59.7 Å². The molecule has 0 radical (unpaired) electrons. The van der Waals surface area contributed by atoms with Gasteiger partial charge < -0.3 is 9.47 Å². The molecule has 4 rings (SSSR count). The Morgan fingerprint density at radius 2 is 1.00 bits per heavy atom. The highest BCUT2D eigenvalue weighted by Gasteiger charge is 2.11. The number of carbonyl (C=O) groups is 2. The first-order chi connectivity index (χ1) is 15.1. The highest BCUT2D eigenvalue weighted by Crippen LogP contribution is 2.34. The molecular weight excluding hydrogens is 448 g/mol. The van der Waals surface area contributed by atoms with E-state index in [2.05, 4.69) is 48.5 Å². The van der Waals surface area contributed by atoms with Gasteiger partial charge in [0.05, 0.1) is 14.2 Å². The van der Waals surface area contributed by atoms with Crippen LogP contribution in [0.5, 0.6) is 0 Å². The van der Waals surface area contributed by atoms with Crippen LogP contribution < -0.4 is 0 Å². The Morgan fingerprint density at radius 3 is 1.35 bits per heavy atom. The predicted octanol–water partition coefficient (Wildman–Crippen LogP) is 6.87. The van der Waals surface area contributed by atoms with Crippen molar-refractivity contribution in [2.75, 3.05) is 14.2 Å². The summed E-state index contributed by atoms with van der Waals surface area (Å²) in [6.45, 7) is 0. The van der Waals surface area contributed by atoms with Gasteiger partial charge in [0.1, 0.15) is 9.75 Å². The van der Waals surface area contributed by atoms with E-state index in [1.807, 2.05) is 12.1 Å². The van der Waals surface area contributed by atoms with Crippen molar-refractivity contribution in [2.24, 2.45) is 0 Å². The van der Waals surface area contributed by atoms with E-state index in [9.17, 15) is 9.59 Å². The van der Waals surface area contributed by atoms with Crippen LogP contribution in [0.15, 0.2) is 82.6 Å². The molecule has 2 heterocycles. The van der Waals surface area contributed by atoms with Gasteiger partial charge in [0, 0.05) is 19.5 Å². The molecule has 156 valence electrons. The fourth-order valence-electron chi connectivity index (χ4n) is 2.92. The van der Waals surface area contributed by atoms with Crippen molar-refractivity contribution < 1.29 is 19.1 Å². The Hall–Kier alpha value is -2.87. The van der Waals surface area contributed by atoms with Crippen LogP contribution in [-0.4, -0.2) is 26.2 Å². The van der Waals surface area contributed by atoms with E-state index in [1.165, 1.54) is 36.9 Å². The molecule has 0 amide bonds. The first kappa shape index (κ1) is 21.4. The van der Waals surface area contributed by atoms with Gasteiger partial charge in [0.2, 0.25) is 0 Å². The maximum absolute atomic E-state index is 11.6. The van der Waals surface area contributed by atoms with Crippen LogP contribution in [0.4, 0.5) is 0 Å². The first-order valence-electron chi connectivity index (χ1n) is 9.32. The quantitative estimate of drug-likeness (QED) is 0.290. The molecule has 0 aliphatic carbocycles. The van der Waals surface area contributed by atoms with Crippen LogP contribution in [-0.2, 0) is 9.47 Å². The summed E-state index contributed by atoms with van der Waals surface area (Å²) >= 11 is 4.53. The van der Waals surface area contributed by atoms with Crippen LogP contribution in [0.2, 0.25) is 0 Å². The number of hydrogen-bond donors (Lipinski definition) is 0. The standard InChI is InChI=1S/C24H18O4S3/c1-27-23(25)21-13-11-19(30-21)15-3-7-17(8-4-15)29-18-9-5-16(6-10-18)20-12-14-22(31-20)24(26)28-2/h3-14H,1-2H3. The van der Waals surface area contributed by atoms with Crippen molar-refractivity contribution in [3.63, 3.8) is 0 Å². The Bertz CT molecular complexity index is 1110. The Morgan fingerprint density at radius 1 is 0.613 bits per heavy atom. The average Bonchev–Trinajstić information content (AvgIpc) is 3.50. The molecule has 31 heavy (non-hydrogen) atoms. The Labute approximate surface area is 192 Å². The SMILES string of the molecule is COC(=O)c1ccc(-c2ccc(Sc3ccc(-c4ccc(C(=O)OC)s4)cc3)cc2)s1. The van der Waals surface area contributed by atoms with E-state index in [0.29, 0.717) is 9.75 Å². The smallest absolute Gasteiger partial charge is 0.348 e. The van der Waals surface area contributed by atoms with Gasteiger partial charge in [-0.25, -0.2) is 9.59 Å². The molecule has 0 fully saturated rings. The summed E-state index contributed by atoms with van der Waals surface area (Å²) in [5, 5.41) is 0. The minimum absolute atomic E-state index is 0.309. The van der Waals surface area contributed by atoms with Gasteiger partial charge in [0.15, 0.2) is 0 Å². The van der Waals surface area contributed by atoms with E-state index >= 15 is 0 Å². The van der Waals surface area contributed by atoms with Crippen LogP contribution in [0.1, 0.15) is 19.3 Å². The van der Waals surface area contributed by atoms with Gasteiger partial charge in [-0.15, -0.1) is 22.7 Å². The molecule has 0 saturated heterocycles. The zero-order chi connectivity index (χ0) is 21.8. The number of rotatable bonds is 6. The molecule has 0 aliphatic heterocycles. The van der Waals surface area contributed by atoms with Gasteiger partial charge in [-0.1, -0.05) is 36.0 Å². The average molecular weight is 467 g/mol. The van der Waals surface area contributed by atoms with Crippen LogP contribution in [0.3, 0.4) is 0 Å². The van der Waals surface area contributed by atoms with Crippen molar-refractivity contribution in [2.45, 2.75) is 9.79 Å². The van der Waals surface area contributed by atoms with E-state index in [4.69, 9.17) is 9.47 Å². The monoisotopic (exact) mass is 466 g/mol. The molecule has 4 aromatic rings. The summed E-state index contributed by atoms with van der Waals surface area (Å²) in [4.78, 5) is 28.8. The van der Waals surface area contributed by atoms with E-state index in [-0.39, 0.29) is 11.9 Å². The molecule has 2 aromatic heterocycles. The van der Waals surface area contributed by atoms with E-state index < -0.39 is 0 Å². The van der Waals surface area contributed by atoms with Crippen molar-refractivity contribution in [1.29, 1.82) is 0 Å². The minimum atomic E-state index is -0.309. The third kappa shape index (κ3) is 4.90. The number of esters is 2. The lowest BCUT2D eigenvalue weighted by Crippen LogP contribution is -1.96. The second-order valence-electron chi connectivity index (χ2n) is 6.46. The Balaban J connectivity index is 1.43. The number of thiophene rings is 2. The molecule has 0 saturated carbocycles. The highest BCUT2D eigenvalue weighted by molar-refractivity contribution is 7.99. The van der Waals surface area contributed by atoms with E-state index in [1.54, 1.807) is 23.9 Å². The van der Waals surface area contributed by atoms with Crippen molar-refractivity contribution in [3.8, 4) is 20.9 Å². The van der Waals surface area contributed by atoms with Gasteiger partial charge >= 0.3 is 11.9 Å². The van der Waals surface area contributed by atoms with Crippen LogP contribution in [0.25, 0.3) is 20.9 Å². The van der Waals surface area contributed by atoms with Crippen LogP contribution in [0, 0.1) is 0 Å². The lowest BCUT2D eigenvalue weighted by Gasteiger charge is -2.05. The normalized spacial score (nSPS) is 10.6. The third-order valence-corrected chi connectivity index (χ3v) is 7.74. The topological polar surface area (TPSA) is 52.6 Å². The molecular formula is C24H18O4S3. The number of carbonyl (C=O) groups excluding carboxylic acids is 2. The third-order valence-electron chi connectivity index (χ3n) is 4.50. The summed E-state index contributed by atoms with van der Waals surface area (Å²) in [6.07, 6.45) is 0. The molecule has 0 atom stereocenters. The lowest BCUT2D eigenvalue weighted by molar-refractivity contribution is 0.0597. The summed E-state index contributed by atoms with van der Waals surface area (Å²) in [5.41, 5.74) is 2.14. The zero-order valence-electron chi connectivity index (χ0n) is 16.8. The molecule has 4 nitrogen and oxygen atoms in total. The van der Waals surface area contributed by atoms with Gasteiger partial charge in [-0.3, -0.25) is 0 Å². The van der Waals surface area contributed by atoms with Crippen molar-refractivity contribution >= 4 is 46.4 Å². The second kappa shape index (κ2) is 9.51. The largest absolute Gasteiger partial charge is 0.465 e. The zero-order valence-corrected chi connectivity index (χ0v) is 19.2. The fourth-order valence-corrected chi connectivity index (χ4v) is 5.59. The summed E-state index contributed by atoms with van der Waals surface area (Å²) in [5.74, 6) is -0.619. The molecule has 0 spiro atoms. The summed E-state index contributed by atoms with van der Waals surface area (Å²) in [6, 6.07) is 24.0. The summed E-state index contributed by atoms with van der Waals surface area (Å²) in [7, 11) is 2.78. The maximum atomic E-state index is 11.6. The van der Waals surface area contributed by atoms with Gasteiger partial charge in [0.25, 0.3) is 0 Å². The van der Waals surface area contributed by atoms with Crippen LogP contribution >= 0.6 is 34.4 Å². The molecule has 0 aliphatic rings. The number of methoxy groups -OCH3 is 2. The predicted molar refractivity (Wildman–Crippen MR) is 126 cm³/mol. The second-order valence-corrected chi connectivity index (χ2v) is 9.78. The first-order valence-corrected chi connectivity index (χ1v) is 11.8. The molecule has 7 heteroatoms. The number of ether oxygens (including phenoxy) is 2. The molecule has 0 bridgehead atoms. The Kier molecular flexibility index (Phi) is 6.56.